The number of carbonyl (C=O) groups excluding carboxylic acids is 1. The van der Waals surface area contributed by atoms with E-state index < -0.39 is 0 Å². The van der Waals surface area contributed by atoms with Crippen LogP contribution in [0.5, 0.6) is 0 Å². The molecule has 2 aromatic rings. The van der Waals surface area contributed by atoms with Crippen LogP contribution in [0.1, 0.15) is 16.7 Å². The summed E-state index contributed by atoms with van der Waals surface area (Å²) in [5.41, 5.74) is 9.81. The molecule has 0 aromatic heterocycles. The number of nitrogen functional groups attached to an aromatic ring is 1. The van der Waals surface area contributed by atoms with Gasteiger partial charge >= 0.3 is 0 Å². The van der Waals surface area contributed by atoms with Crippen molar-refractivity contribution in [2.75, 3.05) is 12.3 Å². The van der Waals surface area contributed by atoms with Crippen LogP contribution in [0.25, 0.3) is 0 Å². The number of hydrogen-bond acceptors (Lipinski definition) is 2. The number of anilines is 1. The molecular formula is C17H20N2O. The van der Waals surface area contributed by atoms with Crippen molar-refractivity contribution in [1.82, 2.24) is 5.32 Å². The van der Waals surface area contributed by atoms with Crippen molar-refractivity contribution < 1.29 is 4.79 Å². The third-order valence-electron chi connectivity index (χ3n) is 3.13. The van der Waals surface area contributed by atoms with Crippen LogP contribution < -0.4 is 11.1 Å². The van der Waals surface area contributed by atoms with Crippen molar-refractivity contribution in [2.24, 2.45) is 0 Å². The predicted molar refractivity (Wildman–Crippen MR) is 82.5 cm³/mol. The van der Waals surface area contributed by atoms with E-state index in [2.05, 4.69) is 30.4 Å². The summed E-state index contributed by atoms with van der Waals surface area (Å²) in [6, 6.07) is 15.8. The van der Waals surface area contributed by atoms with Gasteiger partial charge in [0.05, 0.1) is 6.42 Å². The minimum atomic E-state index is 0.0308. The van der Waals surface area contributed by atoms with Crippen molar-refractivity contribution in [3.63, 3.8) is 0 Å². The molecule has 0 spiro atoms. The maximum absolute atomic E-state index is 11.8. The number of nitrogens with two attached hydrogens (primary N) is 1. The van der Waals surface area contributed by atoms with Crippen molar-refractivity contribution in [3.05, 3.63) is 65.2 Å². The molecule has 1 amide bonds. The summed E-state index contributed by atoms with van der Waals surface area (Å²) >= 11 is 0. The van der Waals surface area contributed by atoms with Crippen molar-refractivity contribution in [2.45, 2.75) is 19.8 Å². The lowest BCUT2D eigenvalue weighted by Gasteiger charge is -2.06. The summed E-state index contributed by atoms with van der Waals surface area (Å²) < 4.78 is 0. The summed E-state index contributed by atoms with van der Waals surface area (Å²) in [5.74, 6) is 0.0308. The largest absolute Gasteiger partial charge is 0.399 e. The fraction of sp³-hybridized carbons (Fsp3) is 0.235. The number of aryl methyl sites for hydroxylation is 1. The Morgan fingerprint density at radius 2 is 1.85 bits per heavy atom. The van der Waals surface area contributed by atoms with Gasteiger partial charge in [0.25, 0.3) is 0 Å². The molecule has 0 aliphatic rings. The van der Waals surface area contributed by atoms with E-state index in [1.807, 2.05) is 30.3 Å². The van der Waals surface area contributed by atoms with Crippen LogP contribution in [0.4, 0.5) is 5.69 Å². The van der Waals surface area contributed by atoms with E-state index >= 15 is 0 Å². The Bertz CT molecular complexity index is 593. The topological polar surface area (TPSA) is 55.1 Å². The van der Waals surface area contributed by atoms with Crippen molar-refractivity contribution in [1.29, 1.82) is 0 Å². The van der Waals surface area contributed by atoms with Crippen LogP contribution in [-0.4, -0.2) is 12.5 Å². The van der Waals surface area contributed by atoms with Crippen LogP contribution >= 0.6 is 0 Å². The molecule has 0 saturated heterocycles. The van der Waals surface area contributed by atoms with Gasteiger partial charge in [-0.15, -0.1) is 0 Å². The monoisotopic (exact) mass is 268 g/mol. The first-order valence-electron chi connectivity index (χ1n) is 6.80. The molecular weight excluding hydrogens is 248 g/mol. The number of nitrogens with one attached hydrogen (secondary N) is 1. The van der Waals surface area contributed by atoms with E-state index in [9.17, 15) is 4.79 Å². The molecule has 2 aromatic carbocycles. The first kappa shape index (κ1) is 14.1. The molecule has 0 fully saturated rings. The highest BCUT2D eigenvalue weighted by molar-refractivity contribution is 5.78. The van der Waals surface area contributed by atoms with Gasteiger partial charge in [-0.25, -0.2) is 0 Å². The molecule has 0 heterocycles. The van der Waals surface area contributed by atoms with Gasteiger partial charge in [0.2, 0.25) is 5.91 Å². The molecule has 104 valence electrons. The summed E-state index contributed by atoms with van der Waals surface area (Å²) in [7, 11) is 0. The molecule has 20 heavy (non-hydrogen) atoms. The van der Waals surface area contributed by atoms with Gasteiger partial charge in [-0.05, 0) is 36.6 Å². The van der Waals surface area contributed by atoms with Crippen LogP contribution in [0, 0.1) is 6.92 Å². The van der Waals surface area contributed by atoms with E-state index in [-0.39, 0.29) is 5.91 Å². The molecule has 0 atom stereocenters. The van der Waals surface area contributed by atoms with Gasteiger partial charge in [0, 0.05) is 12.2 Å². The summed E-state index contributed by atoms with van der Waals surface area (Å²) in [4.78, 5) is 11.8. The molecule has 2 rings (SSSR count). The minimum absolute atomic E-state index is 0.0308. The Morgan fingerprint density at radius 3 is 2.60 bits per heavy atom. The van der Waals surface area contributed by atoms with Gasteiger partial charge in [0.1, 0.15) is 0 Å². The predicted octanol–water partition coefficient (Wildman–Crippen LogP) is 2.48. The molecule has 3 heteroatoms. The Kier molecular flexibility index (Phi) is 4.77. The average molecular weight is 268 g/mol. The zero-order valence-corrected chi connectivity index (χ0v) is 11.7. The van der Waals surface area contributed by atoms with Crippen LogP contribution in [0.15, 0.2) is 48.5 Å². The first-order valence-corrected chi connectivity index (χ1v) is 6.80. The van der Waals surface area contributed by atoms with Gasteiger partial charge in [-0.3, -0.25) is 4.79 Å². The molecule has 0 aliphatic carbocycles. The lowest BCUT2D eigenvalue weighted by atomic mass is 10.1. The second-order valence-electron chi connectivity index (χ2n) is 5.01. The van der Waals surface area contributed by atoms with E-state index in [0.29, 0.717) is 18.7 Å². The third kappa shape index (κ3) is 4.43. The summed E-state index contributed by atoms with van der Waals surface area (Å²) in [6.45, 7) is 2.73. The Morgan fingerprint density at radius 1 is 1.10 bits per heavy atom. The third-order valence-corrected chi connectivity index (χ3v) is 3.13. The molecule has 0 bridgehead atoms. The van der Waals surface area contributed by atoms with Crippen LogP contribution in [0.3, 0.4) is 0 Å². The maximum Gasteiger partial charge on any atom is 0.224 e. The molecule has 0 saturated carbocycles. The van der Waals surface area contributed by atoms with Crippen LogP contribution in [0.2, 0.25) is 0 Å². The SMILES string of the molecule is Cc1cccc(CCNC(=O)Cc2cccc(N)c2)c1. The number of hydrogen-bond donors (Lipinski definition) is 2. The molecule has 0 radical (unpaired) electrons. The highest BCUT2D eigenvalue weighted by Gasteiger charge is 2.03. The van der Waals surface area contributed by atoms with E-state index in [4.69, 9.17) is 5.73 Å². The smallest absolute Gasteiger partial charge is 0.224 e. The number of carbonyl (C=O) groups is 1. The number of benzene rings is 2. The lowest BCUT2D eigenvalue weighted by Crippen LogP contribution is -2.27. The first-order chi connectivity index (χ1) is 9.63. The Balaban J connectivity index is 1.78. The molecule has 3 nitrogen and oxygen atoms in total. The maximum atomic E-state index is 11.8. The lowest BCUT2D eigenvalue weighted by molar-refractivity contribution is -0.120. The van der Waals surface area contributed by atoms with Gasteiger partial charge in [-0.2, -0.15) is 0 Å². The zero-order chi connectivity index (χ0) is 14.4. The van der Waals surface area contributed by atoms with E-state index in [1.165, 1.54) is 11.1 Å². The Hall–Kier alpha value is -2.29. The van der Waals surface area contributed by atoms with Gasteiger partial charge in [-0.1, -0.05) is 42.0 Å². The number of amides is 1. The Labute approximate surface area is 119 Å². The summed E-state index contributed by atoms with van der Waals surface area (Å²) in [6.07, 6.45) is 1.23. The zero-order valence-electron chi connectivity index (χ0n) is 11.7. The van der Waals surface area contributed by atoms with Gasteiger partial charge in [0.15, 0.2) is 0 Å². The fourth-order valence-corrected chi connectivity index (χ4v) is 2.16. The normalized spacial score (nSPS) is 10.2. The van der Waals surface area contributed by atoms with Crippen LogP contribution in [-0.2, 0) is 17.6 Å². The molecule has 0 aliphatic heterocycles. The highest BCUT2D eigenvalue weighted by atomic mass is 16.1. The van der Waals surface area contributed by atoms with E-state index in [1.54, 1.807) is 0 Å². The van der Waals surface area contributed by atoms with Crippen molar-refractivity contribution >= 4 is 11.6 Å². The summed E-state index contributed by atoms with van der Waals surface area (Å²) in [5, 5.41) is 2.94. The number of rotatable bonds is 5. The second-order valence-corrected chi connectivity index (χ2v) is 5.01. The van der Waals surface area contributed by atoms with E-state index in [0.717, 1.165) is 12.0 Å². The van der Waals surface area contributed by atoms with Gasteiger partial charge < -0.3 is 11.1 Å². The highest BCUT2D eigenvalue weighted by Crippen LogP contribution is 2.07. The second kappa shape index (κ2) is 6.75. The quantitative estimate of drug-likeness (QED) is 0.819. The molecule has 3 N–H and O–H groups in total. The van der Waals surface area contributed by atoms with Crippen molar-refractivity contribution in [3.8, 4) is 0 Å². The minimum Gasteiger partial charge on any atom is -0.399 e. The average Bonchev–Trinajstić information content (AvgIpc) is 2.38. The standard InChI is InChI=1S/C17H20N2O/c1-13-4-2-5-14(10-13)8-9-19-17(20)12-15-6-3-7-16(18)11-15/h2-7,10-11H,8-9,12,18H2,1H3,(H,19,20). The fourth-order valence-electron chi connectivity index (χ4n) is 2.16. The molecule has 0 unspecified atom stereocenters.